The number of hydrogen-bond acceptors (Lipinski definition) is 1. The van der Waals surface area contributed by atoms with Gasteiger partial charge in [-0.2, -0.15) is 0 Å². The van der Waals surface area contributed by atoms with Gasteiger partial charge in [-0.15, -0.1) is 0 Å². The molecule has 0 spiro atoms. The van der Waals surface area contributed by atoms with Crippen molar-refractivity contribution in [3.63, 3.8) is 0 Å². The maximum Gasteiger partial charge on any atom is -0.00463 e. The van der Waals surface area contributed by atoms with Gasteiger partial charge in [-0.25, -0.2) is 0 Å². The van der Waals surface area contributed by atoms with Crippen LogP contribution in [0.4, 0.5) is 0 Å². The van der Waals surface area contributed by atoms with Crippen molar-refractivity contribution >= 4 is 0 Å². The van der Waals surface area contributed by atoms with Crippen molar-refractivity contribution in [1.82, 2.24) is 5.32 Å². The SMILES string of the molecule is CC(C)CCNCCC1CCCCC1.CCCCC. The van der Waals surface area contributed by atoms with Crippen molar-refractivity contribution in [2.24, 2.45) is 11.8 Å². The normalized spacial score (nSPS) is 16.3. The van der Waals surface area contributed by atoms with Gasteiger partial charge in [0.2, 0.25) is 0 Å². The van der Waals surface area contributed by atoms with Gasteiger partial charge in [-0.3, -0.25) is 0 Å². The smallest absolute Gasteiger partial charge is 0.00463 e. The van der Waals surface area contributed by atoms with Gasteiger partial charge in [0.1, 0.15) is 0 Å². The van der Waals surface area contributed by atoms with E-state index in [0.29, 0.717) is 0 Å². The molecule has 0 amide bonds. The molecule has 1 aliphatic carbocycles. The van der Waals surface area contributed by atoms with Crippen molar-refractivity contribution in [2.75, 3.05) is 13.1 Å². The lowest BCUT2D eigenvalue weighted by Crippen LogP contribution is -2.21. The van der Waals surface area contributed by atoms with Crippen LogP contribution in [0.15, 0.2) is 0 Å². The van der Waals surface area contributed by atoms with E-state index in [0.717, 1.165) is 11.8 Å². The molecule has 0 unspecified atom stereocenters. The van der Waals surface area contributed by atoms with Crippen molar-refractivity contribution in [2.45, 2.75) is 91.9 Å². The Morgan fingerprint density at radius 3 is 2.05 bits per heavy atom. The Morgan fingerprint density at radius 2 is 1.58 bits per heavy atom. The quantitative estimate of drug-likeness (QED) is 0.550. The highest BCUT2D eigenvalue weighted by atomic mass is 14.8. The van der Waals surface area contributed by atoms with Crippen LogP contribution in [0.25, 0.3) is 0 Å². The monoisotopic (exact) mass is 269 g/mol. The Labute approximate surface area is 122 Å². The van der Waals surface area contributed by atoms with Crippen LogP contribution < -0.4 is 5.32 Å². The molecule has 0 atom stereocenters. The van der Waals surface area contributed by atoms with Gasteiger partial charge < -0.3 is 5.32 Å². The Hall–Kier alpha value is -0.0400. The summed E-state index contributed by atoms with van der Waals surface area (Å²) in [6, 6.07) is 0. The molecular formula is C18H39N. The van der Waals surface area contributed by atoms with Crippen molar-refractivity contribution in [1.29, 1.82) is 0 Å². The lowest BCUT2D eigenvalue weighted by Gasteiger charge is -2.21. The minimum Gasteiger partial charge on any atom is -0.317 e. The standard InChI is InChI=1S/C13H27N.C5H12/c1-12(2)8-10-14-11-9-13-6-4-3-5-7-13;1-3-5-4-2/h12-14H,3-11H2,1-2H3;3-5H2,1-2H3. The zero-order valence-electron chi connectivity index (χ0n) is 14.1. The van der Waals surface area contributed by atoms with Crippen LogP contribution in [0.5, 0.6) is 0 Å². The van der Waals surface area contributed by atoms with Gasteiger partial charge in [0, 0.05) is 0 Å². The lowest BCUT2D eigenvalue weighted by atomic mass is 9.87. The van der Waals surface area contributed by atoms with Gasteiger partial charge in [-0.1, -0.05) is 79.1 Å². The molecule has 0 aliphatic heterocycles. The molecule has 0 aromatic rings. The molecule has 0 saturated heterocycles. The van der Waals surface area contributed by atoms with E-state index in [1.54, 1.807) is 0 Å². The van der Waals surface area contributed by atoms with Crippen molar-refractivity contribution in [3.8, 4) is 0 Å². The van der Waals surface area contributed by atoms with E-state index in [-0.39, 0.29) is 0 Å². The molecule has 1 aliphatic rings. The number of nitrogens with one attached hydrogen (secondary N) is 1. The molecule has 1 nitrogen and oxygen atoms in total. The van der Waals surface area contributed by atoms with Crippen LogP contribution in [-0.2, 0) is 0 Å². The largest absolute Gasteiger partial charge is 0.317 e. The van der Waals surface area contributed by atoms with E-state index in [4.69, 9.17) is 0 Å². The van der Waals surface area contributed by atoms with Crippen molar-refractivity contribution in [3.05, 3.63) is 0 Å². The van der Waals surface area contributed by atoms with Gasteiger partial charge >= 0.3 is 0 Å². The van der Waals surface area contributed by atoms with Crippen LogP contribution in [-0.4, -0.2) is 13.1 Å². The Morgan fingerprint density at radius 1 is 0.947 bits per heavy atom. The maximum atomic E-state index is 3.56. The van der Waals surface area contributed by atoms with E-state index in [9.17, 15) is 0 Å². The summed E-state index contributed by atoms with van der Waals surface area (Å²) < 4.78 is 0. The molecule has 1 rings (SSSR count). The Balaban J connectivity index is 0.000000555. The Bertz CT molecular complexity index is 157. The van der Waals surface area contributed by atoms with E-state index in [2.05, 4.69) is 33.0 Å². The van der Waals surface area contributed by atoms with Crippen LogP contribution in [0, 0.1) is 11.8 Å². The second-order valence-corrected chi connectivity index (χ2v) is 6.58. The summed E-state index contributed by atoms with van der Waals surface area (Å²) in [5.74, 6) is 1.88. The zero-order chi connectivity index (χ0) is 14.3. The summed E-state index contributed by atoms with van der Waals surface area (Å²) in [4.78, 5) is 0. The molecule has 1 N–H and O–H groups in total. The molecule has 1 fully saturated rings. The fourth-order valence-corrected chi connectivity index (χ4v) is 2.65. The number of unbranched alkanes of at least 4 members (excludes halogenated alkanes) is 2. The fraction of sp³-hybridized carbons (Fsp3) is 1.00. The predicted molar refractivity (Wildman–Crippen MR) is 88.7 cm³/mol. The first kappa shape index (κ1) is 19.0. The van der Waals surface area contributed by atoms with Crippen molar-refractivity contribution < 1.29 is 0 Å². The van der Waals surface area contributed by atoms with E-state index in [1.807, 2.05) is 0 Å². The van der Waals surface area contributed by atoms with Crippen LogP contribution in [0.1, 0.15) is 91.9 Å². The zero-order valence-corrected chi connectivity index (χ0v) is 14.1. The minimum atomic E-state index is 0.845. The summed E-state index contributed by atoms with van der Waals surface area (Å²) in [7, 11) is 0. The molecule has 0 aromatic heterocycles. The van der Waals surface area contributed by atoms with Crippen LogP contribution >= 0.6 is 0 Å². The summed E-state index contributed by atoms with van der Waals surface area (Å²) in [5.41, 5.74) is 0. The topological polar surface area (TPSA) is 12.0 Å². The molecule has 116 valence electrons. The van der Waals surface area contributed by atoms with Crippen LogP contribution in [0.3, 0.4) is 0 Å². The first-order chi connectivity index (χ1) is 9.20. The molecule has 1 heteroatoms. The average Bonchev–Trinajstić information content (AvgIpc) is 2.41. The Kier molecular flexibility index (Phi) is 14.3. The molecule has 1 saturated carbocycles. The predicted octanol–water partition coefficient (Wildman–Crippen LogP) is 5.79. The third-order valence-corrected chi connectivity index (χ3v) is 4.06. The second kappa shape index (κ2) is 14.4. The molecule has 19 heavy (non-hydrogen) atoms. The summed E-state index contributed by atoms with van der Waals surface area (Å²) in [6.07, 6.45) is 14.2. The summed E-state index contributed by atoms with van der Waals surface area (Å²) in [6.45, 7) is 11.5. The first-order valence-electron chi connectivity index (χ1n) is 8.91. The summed E-state index contributed by atoms with van der Waals surface area (Å²) >= 11 is 0. The third-order valence-electron chi connectivity index (χ3n) is 4.06. The van der Waals surface area contributed by atoms with E-state index in [1.165, 1.54) is 77.3 Å². The maximum absolute atomic E-state index is 3.56. The molecular weight excluding hydrogens is 230 g/mol. The lowest BCUT2D eigenvalue weighted by molar-refractivity contribution is 0.333. The molecule has 0 radical (unpaired) electrons. The second-order valence-electron chi connectivity index (χ2n) is 6.58. The van der Waals surface area contributed by atoms with E-state index >= 15 is 0 Å². The molecule has 0 bridgehead atoms. The molecule has 0 heterocycles. The summed E-state index contributed by atoms with van der Waals surface area (Å²) in [5, 5.41) is 3.56. The fourth-order valence-electron chi connectivity index (χ4n) is 2.65. The van der Waals surface area contributed by atoms with Gasteiger partial charge in [0.25, 0.3) is 0 Å². The third kappa shape index (κ3) is 14.2. The number of rotatable bonds is 8. The molecule has 0 aromatic carbocycles. The minimum absolute atomic E-state index is 0.845. The highest BCUT2D eigenvalue weighted by Gasteiger charge is 2.12. The van der Waals surface area contributed by atoms with Gasteiger partial charge in [0.15, 0.2) is 0 Å². The van der Waals surface area contributed by atoms with E-state index < -0.39 is 0 Å². The average molecular weight is 270 g/mol. The van der Waals surface area contributed by atoms with Crippen LogP contribution in [0.2, 0.25) is 0 Å². The van der Waals surface area contributed by atoms with Gasteiger partial charge in [-0.05, 0) is 37.8 Å². The van der Waals surface area contributed by atoms with Gasteiger partial charge in [0.05, 0.1) is 0 Å². The number of hydrogen-bond donors (Lipinski definition) is 1. The highest BCUT2D eigenvalue weighted by Crippen LogP contribution is 2.25. The first-order valence-corrected chi connectivity index (χ1v) is 8.91. The highest BCUT2D eigenvalue weighted by molar-refractivity contribution is 4.66.